The lowest BCUT2D eigenvalue weighted by atomic mass is 10.1. The summed E-state index contributed by atoms with van der Waals surface area (Å²) >= 11 is 1.41. The summed E-state index contributed by atoms with van der Waals surface area (Å²) in [5, 5.41) is 1.41. The first kappa shape index (κ1) is 19.8. The Labute approximate surface area is 175 Å². The summed E-state index contributed by atoms with van der Waals surface area (Å²) in [7, 11) is 0. The van der Waals surface area contributed by atoms with Gasteiger partial charge in [-0.25, -0.2) is 4.98 Å². The number of aromatic nitrogens is 2. The van der Waals surface area contributed by atoms with Gasteiger partial charge in [0.05, 0.1) is 24.5 Å². The number of carbonyl (C=O) groups excluding carboxylic acids is 2. The largest absolute Gasteiger partial charge is 0.464 e. The Kier molecular flexibility index (Phi) is 5.13. The minimum atomic E-state index is -0.483. The van der Waals surface area contributed by atoms with Crippen LogP contribution < -0.4 is 16.4 Å². The van der Waals surface area contributed by atoms with Crippen molar-refractivity contribution >= 4 is 44.3 Å². The topological polar surface area (TPSA) is 117 Å². The van der Waals surface area contributed by atoms with Gasteiger partial charge in [-0.15, -0.1) is 11.3 Å². The van der Waals surface area contributed by atoms with Crippen LogP contribution in [0.3, 0.4) is 0 Å². The van der Waals surface area contributed by atoms with E-state index in [-0.39, 0.29) is 30.1 Å². The lowest BCUT2D eigenvalue weighted by molar-refractivity contribution is -0.128. The lowest BCUT2D eigenvalue weighted by Crippen LogP contribution is -2.43. The molecule has 3 aromatic heterocycles. The predicted octanol–water partition coefficient (Wildman–Crippen LogP) is 2.59. The molecule has 4 rings (SSSR count). The molecule has 1 aromatic carbocycles. The van der Waals surface area contributed by atoms with E-state index in [1.807, 2.05) is 39.0 Å². The molecule has 8 nitrogen and oxygen atoms in total. The van der Waals surface area contributed by atoms with Crippen molar-refractivity contribution in [2.45, 2.75) is 33.6 Å². The number of hydrogen-bond acceptors (Lipinski definition) is 6. The van der Waals surface area contributed by atoms with Gasteiger partial charge in [0.2, 0.25) is 11.8 Å². The molecule has 0 spiro atoms. The zero-order valence-corrected chi connectivity index (χ0v) is 17.5. The van der Waals surface area contributed by atoms with Crippen LogP contribution in [0.15, 0.2) is 33.7 Å². The number of benzene rings is 1. The van der Waals surface area contributed by atoms with Crippen molar-refractivity contribution in [1.29, 1.82) is 0 Å². The second-order valence-corrected chi connectivity index (χ2v) is 8.39. The van der Waals surface area contributed by atoms with Crippen LogP contribution >= 0.6 is 11.3 Å². The number of hydrogen-bond donors (Lipinski definition) is 3. The SMILES string of the molecule is Cc1ccc2c(CC(=O)NNC(=O)Cc3nc4sc(C)c(C)c4c(=O)[nH]3)coc2c1. The summed E-state index contributed by atoms with van der Waals surface area (Å²) < 4.78 is 5.48. The third kappa shape index (κ3) is 3.84. The highest BCUT2D eigenvalue weighted by Gasteiger charge is 2.15. The Morgan fingerprint density at radius 3 is 2.63 bits per heavy atom. The standard InChI is InChI=1S/C21H20N4O4S/c1-10-4-5-14-13(9-29-15(14)6-10)7-17(26)24-25-18(27)8-16-22-20(28)19-11(2)12(3)30-21(19)23-16/h4-6,9H,7-8H2,1-3H3,(H,24,26)(H,25,27)(H,22,23,28). The summed E-state index contributed by atoms with van der Waals surface area (Å²) in [6.07, 6.45) is 1.45. The smallest absolute Gasteiger partial charge is 0.259 e. The number of aromatic amines is 1. The normalized spacial score (nSPS) is 11.2. The van der Waals surface area contributed by atoms with E-state index >= 15 is 0 Å². The molecule has 3 heterocycles. The van der Waals surface area contributed by atoms with Gasteiger partial charge in [-0.05, 0) is 38.0 Å². The molecule has 0 fully saturated rings. The molecule has 9 heteroatoms. The molecule has 0 radical (unpaired) electrons. The number of hydrazine groups is 1. The minimum Gasteiger partial charge on any atom is -0.464 e. The number of carbonyl (C=O) groups is 2. The number of furan rings is 1. The van der Waals surface area contributed by atoms with Gasteiger partial charge in [0, 0.05) is 15.8 Å². The monoisotopic (exact) mass is 424 g/mol. The number of fused-ring (bicyclic) bond motifs is 2. The van der Waals surface area contributed by atoms with E-state index in [4.69, 9.17) is 4.42 Å². The van der Waals surface area contributed by atoms with Crippen LogP contribution in [0.25, 0.3) is 21.2 Å². The van der Waals surface area contributed by atoms with Crippen molar-refractivity contribution in [3.63, 3.8) is 0 Å². The minimum absolute atomic E-state index is 0.0606. The van der Waals surface area contributed by atoms with Gasteiger partial charge in [0.25, 0.3) is 5.56 Å². The Balaban J connectivity index is 1.38. The third-order valence-electron chi connectivity index (χ3n) is 4.92. The molecular weight excluding hydrogens is 404 g/mol. The Morgan fingerprint density at radius 1 is 1.13 bits per heavy atom. The lowest BCUT2D eigenvalue weighted by Gasteiger charge is -2.07. The summed E-state index contributed by atoms with van der Waals surface area (Å²) in [5.74, 6) is -0.617. The summed E-state index contributed by atoms with van der Waals surface area (Å²) in [5.41, 5.74) is 7.89. The molecule has 4 aromatic rings. The van der Waals surface area contributed by atoms with Gasteiger partial charge in [-0.2, -0.15) is 0 Å². The van der Waals surface area contributed by atoms with Gasteiger partial charge < -0.3 is 9.40 Å². The first-order valence-corrected chi connectivity index (χ1v) is 10.2. The van der Waals surface area contributed by atoms with Crippen LogP contribution in [0.2, 0.25) is 0 Å². The maximum Gasteiger partial charge on any atom is 0.259 e. The number of aryl methyl sites for hydroxylation is 3. The fourth-order valence-corrected chi connectivity index (χ4v) is 4.31. The molecule has 0 aliphatic rings. The second kappa shape index (κ2) is 7.75. The maximum atomic E-state index is 12.3. The molecule has 0 aliphatic carbocycles. The van der Waals surface area contributed by atoms with E-state index in [0.717, 1.165) is 27.0 Å². The molecule has 3 N–H and O–H groups in total. The van der Waals surface area contributed by atoms with E-state index in [0.29, 0.717) is 15.8 Å². The third-order valence-corrected chi connectivity index (χ3v) is 6.02. The molecular formula is C21H20N4O4S. The van der Waals surface area contributed by atoms with Gasteiger partial charge in [0.1, 0.15) is 16.2 Å². The number of nitrogens with zero attached hydrogens (tertiary/aromatic N) is 1. The first-order valence-electron chi connectivity index (χ1n) is 9.35. The zero-order chi connectivity index (χ0) is 21.4. The Bertz CT molecular complexity index is 1350. The molecule has 0 saturated carbocycles. The van der Waals surface area contributed by atoms with Crippen LogP contribution in [0, 0.1) is 20.8 Å². The number of rotatable bonds is 4. The average molecular weight is 424 g/mol. The molecule has 2 amide bonds. The van der Waals surface area contributed by atoms with Crippen LogP contribution in [0.5, 0.6) is 0 Å². The van der Waals surface area contributed by atoms with Gasteiger partial charge in [-0.3, -0.25) is 25.2 Å². The second-order valence-electron chi connectivity index (χ2n) is 7.19. The predicted molar refractivity (Wildman–Crippen MR) is 114 cm³/mol. The van der Waals surface area contributed by atoms with Crippen molar-refractivity contribution in [2.75, 3.05) is 0 Å². The number of nitrogens with one attached hydrogen (secondary N) is 3. The summed E-state index contributed by atoms with van der Waals surface area (Å²) in [4.78, 5) is 45.3. The molecule has 0 atom stereocenters. The maximum absolute atomic E-state index is 12.3. The van der Waals surface area contributed by atoms with E-state index in [1.54, 1.807) is 6.26 Å². The Morgan fingerprint density at radius 2 is 1.87 bits per heavy atom. The van der Waals surface area contributed by atoms with Gasteiger partial charge in [-0.1, -0.05) is 12.1 Å². The molecule has 154 valence electrons. The highest BCUT2D eigenvalue weighted by Crippen LogP contribution is 2.25. The molecule has 30 heavy (non-hydrogen) atoms. The fraction of sp³-hybridized carbons (Fsp3) is 0.238. The van der Waals surface area contributed by atoms with Crippen LogP contribution in [-0.2, 0) is 22.4 Å². The van der Waals surface area contributed by atoms with Crippen LogP contribution in [0.4, 0.5) is 0 Å². The highest BCUT2D eigenvalue weighted by atomic mass is 32.1. The molecule has 0 saturated heterocycles. The molecule has 0 bridgehead atoms. The average Bonchev–Trinajstić information content (AvgIpc) is 3.20. The number of amides is 2. The molecule has 0 unspecified atom stereocenters. The van der Waals surface area contributed by atoms with Crippen molar-refractivity contribution in [3.8, 4) is 0 Å². The van der Waals surface area contributed by atoms with Gasteiger partial charge >= 0.3 is 0 Å². The van der Waals surface area contributed by atoms with Gasteiger partial charge in [0.15, 0.2) is 0 Å². The molecule has 0 aliphatic heterocycles. The van der Waals surface area contributed by atoms with Crippen LogP contribution in [0.1, 0.15) is 27.4 Å². The fourth-order valence-electron chi connectivity index (χ4n) is 3.26. The summed E-state index contributed by atoms with van der Waals surface area (Å²) in [6, 6.07) is 5.75. The number of thiophene rings is 1. The van der Waals surface area contributed by atoms with E-state index in [2.05, 4.69) is 20.8 Å². The quantitative estimate of drug-likeness (QED) is 0.435. The number of H-pyrrole nitrogens is 1. The van der Waals surface area contributed by atoms with Crippen molar-refractivity contribution < 1.29 is 14.0 Å². The van der Waals surface area contributed by atoms with Crippen molar-refractivity contribution in [1.82, 2.24) is 20.8 Å². The van der Waals surface area contributed by atoms with Crippen molar-refractivity contribution in [2.24, 2.45) is 0 Å². The zero-order valence-electron chi connectivity index (χ0n) is 16.7. The van der Waals surface area contributed by atoms with Crippen LogP contribution in [-0.4, -0.2) is 21.8 Å². The van der Waals surface area contributed by atoms with E-state index in [9.17, 15) is 14.4 Å². The van der Waals surface area contributed by atoms with Crippen molar-refractivity contribution in [3.05, 3.63) is 62.2 Å². The Hall–Kier alpha value is -3.46. The van der Waals surface area contributed by atoms with E-state index in [1.165, 1.54) is 11.3 Å². The van der Waals surface area contributed by atoms with E-state index < -0.39 is 5.91 Å². The highest BCUT2D eigenvalue weighted by molar-refractivity contribution is 7.18. The first-order chi connectivity index (χ1) is 14.3. The summed E-state index contributed by atoms with van der Waals surface area (Å²) in [6.45, 7) is 5.76.